The van der Waals surface area contributed by atoms with Crippen molar-refractivity contribution in [2.45, 2.75) is 56.4 Å². The van der Waals surface area contributed by atoms with E-state index in [1.54, 1.807) is 9.80 Å². The lowest BCUT2D eigenvalue weighted by Crippen LogP contribution is -2.52. The zero-order valence-electron chi connectivity index (χ0n) is 17.7. The molecule has 3 saturated heterocycles. The quantitative estimate of drug-likeness (QED) is 0.724. The summed E-state index contributed by atoms with van der Waals surface area (Å²) in [7, 11) is 0. The fourth-order valence-corrected chi connectivity index (χ4v) is 5.65. The summed E-state index contributed by atoms with van der Waals surface area (Å²) in [5, 5.41) is 0. The van der Waals surface area contributed by atoms with Crippen LogP contribution in [0, 0.1) is 17.6 Å². The minimum atomic E-state index is -0.960. The maximum atomic E-state index is 13.8. The normalized spacial score (nSPS) is 28.9. The van der Waals surface area contributed by atoms with Crippen molar-refractivity contribution in [3.05, 3.63) is 47.0 Å². The van der Waals surface area contributed by atoms with Crippen LogP contribution in [0.5, 0.6) is 0 Å². The number of piperidine rings is 1. The molecule has 1 saturated carbocycles. The molecule has 8 heteroatoms. The number of carbonyl (C=O) groups is 2. The Bertz CT molecular complexity index is 1040. The number of aliphatic imine (C=N–C) groups is 1. The van der Waals surface area contributed by atoms with Crippen molar-refractivity contribution >= 4 is 17.5 Å². The fourth-order valence-electron chi connectivity index (χ4n) is 5.65. The van der Waals surface area contributed by atoms with E-state index in [1.165, 1.54) is 30.5 Å². The molecule has 1 aromatic carbocycles. The third kappa shape index (κ3) is 3.18. The summed E-state index contributed by atoms with van der Waals surface area (Å²) in [6.45, 7) is 1.48. The average Bonchev–Trinajstić information content (AvgIpc) is 3.25. The van der Waals surface area contributed by atoms with Crippen molar-refractivity contribution in [1.82, 2.24) is 9.80 Å². The van der Waals surface area contributed by atoms with Gasteiger partial charge in [-0.15, -0.1) is 0 Å². The Balaban J connectivity index is 1.15. The molecule has 5 aliphatic rings. The van der Waals surface area contributed by atoms with Crippen LogP contribution in [-0.4, -0.2) is 58.8 Å². The Morgan fingerprint density at radius 1 is 1.06 bits per heavy atom. The highest BCUT2D eigenvalue weighted by atomic mass is 19.1. The van der Waals surface area contributed by atoms with E-state index in [1.807, 2.05) is 6.08 Å². The van der Waals surface area contributed by atoms with Gasteiger partial charge in [-0.1, -0.05) is 0 Å². The molecule has 4 heterocycles. The van der Waals surface area contributed by atoms with Crippen LogP contribution in [0.3, 0.4) is 0 Å². The van der Waals surface area contributed by atoms with Crippen LogP contribution < -0.4 is 0 Å². The molecule has 0 N–H and O–H groups in total. The van der Waals surface area contributed by atoms with E-state index in [2.05, 4.69) is 4.99 Å². The molecule has 32 heavy (non-hydrogen) atoms. The molecule has 1 spiro atoms. The monoisotopic (exact) mass is 441 g/mol. The lowest BCUT2D eigenvalue weighted by atomic mass is 9.89. The van der Waals surface area contributed by atoms with Crippen molar-refractivity contribution in [2.75, 3.05) is 19.6 Å². The van der Waals surface area contributed by atoms with E-state index in [-0.39, 0.29) is 18.0 Å². The lowest BCUT2D eigenvalue weighted by Gasteiger charge is -2.37. The van der Waals surface area contributed by atoms with Gasteiger partial charge in [0.05, 0.1) is 12.6 Å². The average molecular weight is 441 g/mol. The van der Waals surface area contributed by atoms with Crippen LogP contribution in [0.1, 0.15) is 50.1 Å². The Kier molecular flexibility index (Phi) is 4.51. The summed E-state index contributed by atoms with van der Waals surface area (Å²) in [5.74, 6) is -0.894. The van der Waals surface area contributed by atoms with Crippen LogP contribution in [0.15, 0.2) is 34.8 Å². The molecule has 1 aliphatic carbocycles. The second-order valence-electron chi connectivity index (χ2n) is 9.56. The van der Waals surface area contributed by atoms with Gasteiger partial charge < -0.3 is 14.5 Å². The zero-order chi connectivity index (χ0) is 22.0. The van der Waals surface area contributed by atoms with Gasteiger partial charge in [0.25, 0.3) is 11.8 Å². The van der Waals surface area contributed by atoms with Gasteiger partial charge in [0.1, 0.15) is 23.6 Å². The van der Waals surface area contributed by atoms with Gasteiger partial charge >= 0.3 is 0 Å². The summed E-state index contributed by atoms with van der Waals surface area (Å²) >= 11 is 0. The number of ether oxygens (including phenoxy) is 1. The molecule has 168 valence electrons. The molecule has 0 bridgehead atoms. The number of nitrogens with zero attached hydrogens (tertiary/aromatic N) is 3. The predicted molar refractivity (Wildman–Crippen MR) is 112 cm³/mol. The van der Waals surface area contributed by atoms with Gasteiger partial charge in [-0.2, -0.15) is 0 Å². The van der Waals surface area contributed by atoms with E-state index in [0.717, 1.165) is 6.07 Å². The van der Waals surface area contributed by atoms with Crippen LogP contribution in [0.2, 0.25) is 0 Å². The zero-order valence-corrected chi connectivity index (χ0v) is 17.7. The molecular formula is C24H25F2N3O3. The minimum Gasteiger partial charge on any atom is -0.342 e. The number of amides is 2. The maximum Gasteiger partial charge on any atom is 0.272 e. The molecule has 4 aliphatic heterocycles. The van der Waals surface area contributed by atoms with E-state index < -0.39 is 23.3 Å². The van der Waals surface area contributed by atoms with Gasteiger partial charge in [-0.25, -0.2) is 8.78 Å². The van der Waals surface area contributed by atoms with Crippen molar-refractivity contribution in [1.29, 1.82) is 0 Å². The highest BCUT2D eigenvalue weighted by Gasteiger charge is 2.58. The van der Waals surface area contributed by atoms with Gasteiger partial charge in [-0.05, 0) is 60.9 Å². The number of carbonyl (C=O) groups excluding carboxylic acids is 2. The first-order chi connectivity index (χ1) is 15.4. The van der Waals surface area contributed by atoms with E-state index in [9.17, 15) is 18.4 Å². The second-order valence-corrected chi connectivity index (χ2v) is 9.56. The van der Waals surface area contributed by atoms with Crippen molar-refractivity contribution in [3.63, 3.8) is 0 Å². The fraction of sp³-hybridized carbons (Fsp3) is 0.542. The molecular weight excluding hydrogens is 416 g/mol. The summed E-state index contributed by atoms with van der Waals surface area (Å²) in [4.78, 5) is 34.2. The smallest absolute Gasteiger partial charge is 0.272 e. The van der Waals surface area contributed by atoms with E-state index in [4.69, 9.17) is 4.74 Å². The molecule has 0 aromatic heterocycles. The number of likely N-dealkylation sites (tertiary alicyclic amines) is 1. The Morgan fingerprint density at radius 3 is 2.47 bits per heavy atom. The number of halogens is 2. The number of benzene rings is 1. The van der Waals surface area contributed by atoms with Gasteiger partial charge in [-0.3, -0.25) is 14.6 Å². The maximum absolute atomic E-state index is 13.8. The Morgan fingerprint density at radius 2 is 1.78 bits per heavy atom. The summed E-state index contributed by atoms with van der Waals surface area (Å²) in [6.07, 6.45) is 6.01. The number of rotatable bonds is 3. The first-order valence-corrected chi connectivity index (χ1v) is 11.4. The minimum absolute atomic E-state index is 0.0745. The number of fused-ring (bicyclic) bond motifs is 1. The van der Waals surface area contributed by atoms with Crippen LogP contribution >= 0.6 is 0 Å². The predicted octanol–water partition coefficient (Wildman–Crippen LogP) is 3.14. The summed E-state index contributed by atoms with van der Waals surface area (Å²) in [5.41, 5.74) is 1.29. The van der Waals surface area contributed by atoms with Gasteiger partial charge in [0.15, 0.2) is 5.60 Å². The van der Waals surface area contributed by atoms with Gasteiger partial charge in [0.2, 0.25) is 0 Å². The molecule has 0 radical (unpaired) electrons. The number of hydrogen-bond acceptors (Lipinski definition) is 4. The molecule has 1 aromatic rings. The van der Waals surface area contributed by atoms with Crippen molar-refractivity contribution in [3.8, 4) is 0 Å². The van der Waals surface area contributed by atoms with Crippen molar-refractivity contribution < 1.29 is 23.1 Å². The molecule has 4 fully saturated rings. The van der Waals surface area contributed by atoms with Crippen LogP contribution in [0.25, 0.3) is 0 Å². The molecule has 0 unspecified atom stereocenters. The largest absolute Gasteiger partial charge is 0.342 e. The summed E-state index contributed by atoms with van der Waals surface area (Å²) < 4.78 is 33.8. The Hall–Kier alpha value is -2.61. The standard InChI is InChI=1S/C24H25F2N3O3/c25-17-9-15(10-18(26)12-17)20-3-4-21-29(20)23(31)24(32-21)5-7-28(8-6-24)22(30)19-11-16(13-27-19)14-1-2-14/h9-12,14,20-21H,1-8,13H2/t20-,21+/m0/s1. The highest BCUT2D eigenvalue weighted by molar-refractivity contribution is 6.44. The SMILES string of the molecule is O=C(C1=NCC(C2CC2)=C1)N1CCC2(CC1)O[C@@H]1CC[C@@H](c3cc(F)cc(F)c3)N1C2=O. The van der Waals surface area contributed by atoms with Crippen molar-refractivity contribution in [2.24, 2.45) is 10.9 Å². The van der Waals surface area contributed by atoms with E-state index >= 15 is 0 Å². The summed E-state index contributed by atoms with van der Waals surface area (Å²) in [6, 6.07) is 3.03. The van der Waals surface area contributed by atoms with E-state index in [0.29, 0.717) is 62.5 Å². The molecule has 6 rings (SSSR count). The molecule has 2 atom stereocenters. The third-order valence-electron chi connectivity index (χ3n) is 7.52. The third-order valence-corrected chi connectivity index (χ3v) is 7.52. The first kappa shape index (κ1) is 20.0. The molecule has 6 nitrogen and oxygen atoms in total. The van der Waals surface area contributed by atoms with Gasteiger partial charge in [0, 0.05) is 32.0 Å². The first-order valence-electron chi connectivity index (χ1n) is 11.4. The number of hydrogen-bond donors (Lipinski definition) is 0. The topological polar surface area (TPSA) is 62.2 Å². The lowest BCUT2D eigenvalue weighted by molar-refractivity contribution is -0.146. The second kappa shape index (κ2) is 7.20. The van der Waals surface area contributed by atoms with Crippen LogP contribution in [-0.2, 0) is 14.3 Å². The molecule has 2 amide bonds. The van der Waals surface area contributed by atoms with Crippen LogP contribution in [0.4, 0.5) is 8.78 Å². The highest BCUT2D eigenvalue weighted by Crippen LogP contribution is 2.48. The Labute approximate surface area is 184 Å².